The Balaban J connectivity index is 0.00000169. The lowest BCUT2D eigenvalue weighted by atomic mass is 10.1. The van der Waals surface area contributed by atoms with E-state index in [9.17, 15) is 4.79 Å². The molecule has 3 rings (SSSR count). The highest BCUT2D eigenvalue weighted by Crippen LogP contribution is 2.13. The normalized spacial score (nSPS) is 10.0. The summed E-state index contributed by atoms with van der Waals surface area (Å²) in [5.74, 6) is 0.0637. The van der Waals surface area contributed by atoms with Crippen LogP contribution in [0.3, 0.4) is 0 Å². The topological polar surface area (TPSA) is 72.9 Å². The van der Waals surface area contributed by atoms with Crippen LogP contribution >= 0.6 is 24.8 Å². The quantitative estimate of drug-likeness (QED) is 0.474. The average Bonchev–Trinajstić information content (AvgIpc) is 3.01. The Morgan fingerprint density at radius 1 is 1.08 bits per heavy atom. The van der Waals surface area contributed by atoms with Gasteiger partial charge in [-0.05, 0) is 36.6 Å². The van der Waals surface area contributed by atoms with E-state index in [0.29, 0.717) is 19.4 Å². The van der Waals surface area contributed by atoms with Crippen LogP contribution in [0, 0.1) is 0 Å². The second-order valence-corrected chi connectivity index (χ2v) is 5.83. The highest BCUT2D eigenvalue weighted by molar-refractivity contribution is 5.85. The molecule has 3 aromatic rings. The second kappa shape index (κ2) is 10.7. The lowest BCUT2D eigenvalue weighted by Gasteiger charge is -2.08. The Labute approximate surface area is 165 Å². The van der Waals surface area contributed by atoms with Gasteiger partial charge in [0.1, 0.15) is 0 Å². The van der Waals surface area contributed by atoms with Crippen LogP contribution in [0.4, 0.5) is 5.69 Å². The number of nitrogen functional groups attached to an aromatic ring is 1. The zero-order valence-corrected chi connectivity index (χ0v) is 16.1. The minimum Gasteiger partial charge on any atom is -0.399 e. The third-order valence-electron chi connectivity index (χ3n) is 4.10. The van der Waals surface area contributed by atoms with E-state index < -0.39 is 0 Å². The van der Waals surface area contributed by atoms with Gasteiger partial charge in [0.2, 0.25) is 5.91 Å². The summed E-state index contributed by atoms with van der Waals surface area (Å²) in [6.07, 6.45) is 3.86. The molecule has 0 spiro atoms. The van der Waals surface area contributed by atoms with E-state index in [1.54, 1.807) is 0 Å². The number of imidazole rings is 1. The molecular weight excluding hydrogens is 371 g/mol. The third-order valence-corrected chi connectivity index (χ3v) is 4.10. The molecule has 140 valence electrons. The van der Waals surface area contributed by atoms with Gasteiger partial charge in [-0.1, -0.05) is 30.3 Å². The minimum absolute atomic E-state index is 0. The Morgan fingerprint density at radius 3 is 2.62 bits per heavy atom. The number of rotatable bonds is 7. The Morgan fingerprint density at radius 2 is 1.81 bits per heavy atom. The lowest BCUT2D eigenvalue weighted by Crippen LogP contribution is -2.25. The molecule has 0 aliphatic carbocycles. The lowest BCUT2D eigenvalue weighted by molar-refractivity contribution is -0.121. The molecule has 26 heavy (non-hydrogen) atoms. The molecule has 0 saturated heterocycles. The molecule has 0 aliphatic rings. The van der Waals surface area contributed by atoms with E-state index in [1.807, 2.05) is 48.8 Å². The van der Waals surface area contributed by atoms with Gasteiger partial charge in [0.05, 0.1) is 17.4 Å². The van der Waals surface area contributed by atoms with Gasteiger partial charge in [0.25, 0.3) is 0 Å². The molecule has 0 atom stereocenters. The predicted molar refractivity (Wildman–Crippen MR) is 111 cm³/mol. The number of aromatic nitrogens is 2. The van der Waals surface area contributed by atoms with Gasteiger partial charge in [-0.2, -0.15) is 0 Å². The molecule has 0 saturated carbocycles. The summed E-state index contributed by atoms with van der Waals surface area (Å²) in [4.78, 5) is 16.3. The number of anilines is 1. The van der Waals surface area contributed by atoms with Gasteiger partial charge >= 0.3 is 0 Å². The molecule has 0 unspecified atom stereocenters. The number of hydrogen-bond acceptors (Lipinski definition) is 3. The van der Waals surface area contributed by atoms with Crippen LogP contribution < -0.4 is 11.1 Å². The largest absolute Gasteiger partial charge is 0.399 e. The van der Waals surface area contributed by atoms with Crippen molar-refractivity contribution < 1.29 is 4.79 Å². The summed E-state index contributed by atoms with van der Waals surface area (Å²) in [7, 11) is 0. The summed E-state index contributed by atoms with van der Waals surface area (Å²) in [5.41, 5.74) is 9.79. The molecule has 1 aromatic heterocycles. The Kier molecular flexibility index (Phi) is 8.96. The predicted octanol–water partition coefficient (Wildman–Crippen LogP) is 3.60. The van der Waals surface area contributed by atoms with Gasteiger partial charge in [-0.3, -0.25) is 4.79 Å². The van der Waals surface area contributed by atoms with Crippen LogP contribution in [0.2, 0.25) is 0 Å². The van der Waals surface area contributed by atoms with Gasteiger partial charge in [0.15, 0.2) is 0 Å². The van der Waals surface area contributed by atoms with Crippen molar-refractivity contribution >= 4 is 47.4 Å². The fraction of sp³-hybridized carbons (Fsp3) is 0.263. The van der Waals surface area contributed by atoms with Gasteiger partial charge in [-0.25, -0.2) is 4.98 Å². The molecule has 2 aromatic carbocycles. The fourth-order valence-electron chi connectivity index (χ4n) is 2.76. The van der Waals surface area contributed by atoms with E-state index in [-0.39, 0.29) is 30.7 Å². The first-order valence-electron chi connectivity index (χ1n) is 8.24. The van der Waals surface area contributed by atoms with Crippen LogP contribution in [-0.2, 0) is 17.8 Å². The van der Waals surface area contributed by atoms with Crippen molar-refractivity contribution in [1.29, 1.82) is 0 Å². The third kappa shape index (κ3) is 5.64. The van der Waals surface area contributed by atoms with Gasteiger partial charge in [-0.15, -0.1) is 24.8 Å². The second-order valence-electron chi connectivity index (χ2n) is 5.83. The van der Waals surface area contributed by atoms with Crippen molar-refractivity contribution in [3.05, 3.63) is 60.4 Å². The van der Waals surface area contributed by atoms with E-state index in [4.69, 9.17) is 5.73 Å². The smallest absolute Gasteiger partial charge is 0.220 e. The van der Waals surface area contributed by atoms with Crippen molar-refractivity contribution in [3.8, 4) is 0 Å². The highest BCUT2D eigenvalue weighted by Gasteiger charge is 2.05. The molecule has 1 heterocycles. The molecule has 5 nitrogen and oxygen atoms in total. The molecular formula is C19H24Cl2N4O. The molecule has 0 bridgehead atoms. The van der Waals surface area contributed by atoms with Gasteiger partial charge < -0.3 is 15.6 Å². The zero-order chi connectivity index (χ0) is 16.8. The minimum atomic E-state index is 0. The number of benzene rings is 2. The number of nitrogens with one attached hydrogen (secondary N) is 1. The van der Waals surface area contributed by atoms with Gasteiger partial charge in [0, 0.05) is 25.2 Å². The number of hydrogen-bond donors (Lipinski definition) is 2. The van der Waals surface area contributed by atoms with E-state index in [2.05, 4.69) is 20.9 Å². The Hall–Kier alpha value is -2.24. The summed E-state index contributed by atoms with van der Waals surface area (Å²) in [6.45, 7) is 1.50. The maximum absolute atomic E-state index is 11.9. The number of nitrogens with two attached hydrogens (primary N) is 1. The first-order valence-corrected chi connectivity index (χ1v) is 8.24. The molecule has 1 amide bonds. The van der Waals surface area contributed by atoms with Crippen LogP contribution in [0.15, 0.2) is 54.9 Å². The average molecular weight is 395 g/mol. The highest BCUT2D eigenvalue weighted by atomic mass is 35.5. The Bertz CT molecular complexity index is 835. The SMILES string of the molecule is Cl.Cl.Nc1ccccc1CCC(=O)NCCCn1cnc2ccccc21. The summed E-state index contributed by atoms with van der Waals surface area (Å²) >= 11 is 0. The van der Waals surface area contributed by atoms with Crippen LogP contribution in [0.25, 0.3) is 11.0 Å². The maximum atomic E-state index is 11.9. The van der Waals surface area contributed by atoms with Crippen molar-refractivity contribution in [2.24, 2.45) is 0 Å². The number of nitrogens with zero attached hydrogens (tertiary/aromatic N) is 2. The number of para-hydroxylation sites is 3. The fourth-order valence-corrected chi connectivity index (χ4v) is 2.76. The van der Waals surface area contributed by atoms with Crippen LogP contribution in [-0.4, -0.2) is 22.0 Å². The maximum Gasteiger partial charge on any atom is 0.220 e. The van der Waals surface area contributed by atoms with Crippen molar-refractivity contribution in [3.63, 3.8) is 0 Å². The summed E-state index contributed by atoms with van der Waals surface area (Å²) < 4.78 is 2.12. The summed E-state index contributed by atoms with van der Waals surface area (Å²) in [6, 6.07) is 15.7. The molecule has 0 aliphatic heterocycles. The number of amides is 1. The van der Waals surface area contributed by atoms with Crippen LogP contribution in [0.1, 0.15) is 18.4 Å². The first kappa shape index (κ1) is 21.8. The first-order chi connectivity index (χ1) is 11.7. The van der Waals surface area contributed by atoms with Crippen LogP contribution in [0.5, 0.6) is 0 Å². The van der Waals surface area contributed by atoms with Crippen molar-refractivity contribution in [2.75, 3.05) is 12.3 Å². The molecule has 0 radical (unpaired) electrons. The van der Waals surface area contributed by atoms with E-state index >= 15 is 0 Å². The number of carbonyl (C=O) groups excluding carboxylic acids is 1. The zero-order valence-electron chi connectivity index (χ0n) is 14.4. The molecule has 3 N–H and O–H groups in total. The number of halogens is 2. The molecule has 7 heteroatoms. The van der Waals surface area contributed by atoms with E-state index in [0.717, 1.165) is 35.2 Å². The van der Waals surface area contributed by atoms with Crippen molar-refractivity contribution in [2.45, 2.75) is 25.8 Å². The molecule has 0 fully saturated rings. The summed E-state index contributed by atoms with van der Waals surface area (Å²) in [5, 5.41) is 2.97. The number of aryl methyl sites for hydroxylation is 2. The number of carbonyl (C=O) groups is 1. The van der Waals surface area contributed by atoms with E-state index in [1.165, 1.54) is 0 Å². The monoisotopic (exact) mass is 394 g/mol. The number of fused-ring (bicyclic) bond motifs is 1. The standard InChI is InChI=1S/C19H22N4O.2ClH/c20-16-7-2-1-6-15(16)10-11-19(24)21-12-5-13-23-14-22-17-8-3-4-9-18(17)23;;/h1-4,6-9,14H,5,10-13,20H2,(H,21,24);2*1H. The van der Waals surface area contributed by atoms with Crippen molar-refractivity contribution in [1.82, 2.24) is 14.9 Å².